The molecule has 16 heavy (non-hydrogen) atoms. The number of aryl methyl sites for hydroxylation is 1. The first-order chi connectivity index (χ1) is 7.43. The number of carbonyl (C=O) groups is 2. The number of hydrogen-bond acceptors (Lipinski definition) is 4. The Labute approximate surface area is 97.5 Å². The summed E-state index contributed by atoms with van der Waals surface area (Å²) in [5.41, 5.74) is 1.87. The van der Waals surface area contributed by atoms with Crippen LogP contribution in [0.25, 0.3) is 0 Å². The van der Waals surface area contributed by atoms with E-state index in [2.05, 4.69) is 10.3 Å². The van der Waals surface area contributed by atoms with Crippen LogP contribution in [-0.4, -0.2) is 28.0 Å². The van der Waals surface area contributed by atoms with Crippen molar-refractivity contribution in [1.82, 2.24) is 10.3 Å². The molecule has 0 aliphatic heterocycles. The fraction of sp³-hybridized carbons (Fsp3) is 0.500. The average molecular weight is 242 g/mol. The molecular weight excluding hydrogens is 228 g/mol. The highest BCUT2D eigenvalue weighted by atomic mass is 32.1. The van der Waals surface area contributed by atoms with Crippen LogP contribution in [0.15, 0.2) is 5.51 Å². The highest BCUT2D eigenvalue weighted by Gasteiger charge is 2.25. The molecule has 1 rings (SSSR count). The number of aliphatic carboxylic acids is 1. The van der Waals surface area contributed by atoms with Gasteiger partial charge in [-0.3, -0.25) is 4.79 Å². The molecule has 0 fully saturated rings. The van der Waals surface area contributed by atoms with Gasteiger partial charge in [0.15, 0.2) is 0 Å². The fourth-order valence-electron chi connectivity index (χ4n) is 1.25. The minimum absolute atomic E-state index is 0.166. The fourth-order valence-corrected chi connectivity index (χ4v) is 1.82. The van der Waals surface area contributed by atoms with Gasteiger partial charge in [-0.25, -0.2) is 9.78 Å². The van der Waals surface area contributed by atoms with Gasteiger partial charge in [-0.05, 0) is 12.8 Å². The molecule has 1 heterocycles. The maximum Gasteiger partial charge on any atom is 0.326 e. The van der Waals surface area contributed by atoms with E-state index in [1.807, 2.05) is 0 Å². The minimum atomic E-state index is -1.03. The molecular formula is C10H14N2O3S. The van der Waals surface area contributed by atoms with Gasteiger partial charge in [-0.1, -0.05) is 13.8 Å². The van der Waals surface area contributed by atoms with E-state index < -0.39 is 17.9 Å². The smallest absolute Gasteiger partial charge is 0.326 e. The van der Waals surface area contributed by atoms with E-state index in [1.54, 1.807) is 26.3 Å². The number of aromatic nitrogens is 1. The summed E-state index contributed by atoms with van der Waals surface area (Å²) in [5, 5.41) is 11.4. The molecule has 1 amide bonds. The van der Waals surface area contributed by atoms with Crippen molar-refractivity contribution in [3.63, 3.8) is 0 Å². The zero-order chi connectivity index (χ0) is 12.3. The predicted octanol–water partition coefficient (Wildman–Crippen LogP) is 1.29. The van der Waals surface area contributed by atoms with Crippen molar-refractivity contribution in [3.8, 4) is 0 Å². The Morgan fingerprint density at radius 2 is 2.12 bits per heavy atom. The number of nitrogens with zero attached hydrogens (tertiary/aromatic N) is 1. The number of carbonyl (C=O) groups excluding carboxylic acids is 1. The number of hydrogen-bond donors (Lipinski definition) is 2. The maximum atomic E-state index is 11.7. The second-order valence-electron chi connectivity index (χ2n) is 3.79. The van der Waals surface area contributed by atoms with Gasteiger partial charge in [0, 0.05) is 4.88 Å². The molecule has 6 heteroatoms. The molecule has 0 radical (unpaired) electrons. The predicted molar refractivity (Wildman–Crippen MR) is 60.6 cm³/mol. The number of rotatable bonds is 4. The highest BCUT2D eigenvalue weighted by Crippen LogP contribution is 2.12. The van der Waals surface area contributed by atoms with Crippen LogP contribution < -0.4 is 5.32 Å². The van der Waals surface area contributed by atoms with E-state index in [9.17, 15) is 9.59 Å². The van der Waals surface area contributed by atoms with Crippen LogP contribution in [-0.2, 0) is 4.79 Å². The summed E-state index contributed by atoms with van der Waals surface area (Å²) in [6.07, 6.45) is 0. The van der Waals surface area contributed by atoms with Crippen LogP contribution in [0, 0.1) is 12.8 Å². The number of amides is 1. The Balaban J connectivity index is 2.77. The third kappa shape index (κ3) is 2.79. The molecule has 0 aliphatic rings. The third-order valence-electron chi connectivity index (χ3n) is 2.18. The summed E-state index contributed by atoms with van der Waals surface area (Å²) in [5.74, 6) is -1.63. The summed E-state index contributed by atoms with van der Waals surface area (Å²) in [7, 11) is 0. The Bertz CT molecular complexity index is 401. The van der Waals surface area contributed by atoms with Crippen molar-refractivity contribution >= 4 is 23.2 Å². The lowest BCUT2D eigenvalue weighted by Gasteiger charge is -2.17. The summed E-state index contributed by atoms with van der Waals surface area (Å²) in [6, 6.07) is -0.881. The highest BCUT2D eigenvalue weighted by molar-refractivity contribution is 7.09. The Morgan fingerprint density at radius 1 is 1.50 bits per heavy atom. The molecule has 1 atom stereocenters. The molecule has 0 saturated carbocycles. The van der Waals surface area contributed by atoms with E-state index in [4.69, 9.17) is 5.11 Å². The van der Waals surface area contributed by atoms with Crippen LogP contribution >= 0.6 is 11.3 Å². The van der Waals surface area contributed by atoms with Crippen LogP contribution in [0.5, 0.6) is 0 Å². The van der Waals surface area contributed by atoms with E-state index in [0.29, 0.717) is 5.69 Å². The Kier molecular flexibility index (Phi) is 4.00. The first-order valence-corrected chi connectivity index (χ1v) is 5.75. The van der Waals surface area contributed by atoms with Crippen molar-refractivity contribution in [2.24, 2.45) is 5.92 Å². The van der Waals surface area contributed by atoms with E-state index in [1.165, 1.54) is 11.3 Å². The van der Waals surface area contributed by atoms with Gasteiger partial charge in [-0.15, -0.1) is 11.3 Å². The monoisotopic (exact) mass is 242 g/mol. The summed E-state index contributed by atoms with van der Waals surface area (Å²) < 4.78 is 0. The molecule has 1 aromatic heterocycles. The second kappa shape index (κ2) is 5.07. The SMILES string of the molecule is Cc1scnc1C(=O)N[C@H](C(=O)O)C(C)C. The lowest BCUT2D eigenvalue weighted by Crippen LogP contribution is -2.44. The van der Waals surface area contributed by atoms with Gasteiger partial charge in [0.05, 0.1) is 5.51 Å². The van der Waals surface area contributed by atoms with Gasteiger partial charge in [0.25, 0.3) is 5.91 Å². The Hall–Kier alpha value is -1.43. The number of thiazole rings is 1. The van der Waals surface area contributed by atoms with Crippen molar-refractivity contribution in [3.05, 3.63) is 16.1 Å². The summed E-state index contributed by atoms with van der Waals surface area (Å²) in [4.78, 5) is 27.3. The Morgan fingerprint density at radius 3 is 2.50 bits per heavy atom. The molecule has 0 aliphatic carbocycles. The summed E-state index contributed by atoms with van der Waals surface area (Å²) >= 11 is 1.36. The average Bonchev–Trinajstić information content (AvgIpc) is 2.59. The molecule has 0 spiro atoms. The molecule has 2 N–H and O–H groups in total. The first-order valence-electron chi connectivity index (χ1n) is 4.87. The van der Waals surface area contributed by atoms with Gasteiger partial charge >= 0.3 is 5.97 Å². The lowest BCUT2D eigenvalue weighted by atomic mass is 10.0. The van der Waals surface area contributed by atoms with Crippen molar-refractivity contribution in [2.75, 3.05) is 0 Å². The van der Waals surface area contributed by atoms with Crippen molar-refractivity contribution < 1.29 is 14.7 Å². The van der Waals surface area contributed by atoms with E-state index in [-0.39, 0.29) is 5.92 Å². The zero-order valence-corrected chi connectivity index (χ0v) is 10.2. The standard InChI is InChI=1S/C10H14N2O3S/c1-5(2)7(10(14)15)12-9(13)8-6(3)16-4-11-8/h4-5,7H,1-3H3,(H,12,13)(H,14,15)/t7-/m0/s1. The molecule has 88 valence electrons. The zero-order valence-electron chi connectivity index (χ0n) is 9.35. The topological polar surface area (TPSA) is 79.3 Å². The van der Waals surface area contributed by atoms with Crippen LogP contribution in [0.1, 0.15) is 29.2 Å². The van der Waals surface area contributed by atoms with Crippen molar-refractivity contribution in [1.29, 1.82) is 0 Å². The summed E-state index contributed by atoms with van der Waals surface area (Å²) in [6.45, 7) is 5.26. The molecule has 0 unspecified atom stereocenters. The van der Waals surface area contributed by atoms with Gasteiger partial charge in [0.2, 0.25) is 0 Å². The number of nitrogens with one attached hydrogen (secondary N) is 1. The molecule has 0 bridgehead atoms. The number of carboxylic acids is 1. The van der Waals surface area contributed by atoms with E-state index in [0.717, 1.165) is 4.88 Å². The number of carboxylic acid groups (broad SMARTS) is 1. The second-order valence-corrected chi connectivity index (χ2v) is 4.85. The molecule has 0 aromatic carbocycles. The molecule has 0 saturated heterocycles. The van der Waals surface area contributed by atoms with Crippen molar-refractivity contribution in [2.45, 2.75) is 26.8 Å². The lowest BCUT2D eigenvalue weighted by molar-refractivity contribution is -0.140. The largest absolute Gasteiger partial charge is 0.480 e. The normalized spacial score (nSPS) is 12.5. The quantitative estimate of drug-likeness (QED) is 0.833. The third-order valence-corrected chi connectivity index (χ3v) is 2.94. The van der Waals surface area contributed by atoms with Crippen LogP contribution in [0.2, 0.25) is 0 Å². The van der Waals surface area contributed by atoms with Gasteiger partial charge in [0.1, 0.15) is 11.7 Å². The van der Waals surface area contributed by atoms with E-state index >= 15 is 0 Å². The van der Waals surface area contributed by atoms with Crippen LogP contribution in [0.4, 0.5) is 0 Å². The molecule has 1 aromatic rings. The van der Waals surface area contributed by atoms with Crippen LogP contribution in [0.3, 0.4) is 0 Å². The molecule has 5 nitrogen and oxygen atoms in total. The first kappa shape index (κ1) is 12.6. The van der Waals surface area contributed by atoms with Gasteiger partial charge < -0.3 is 10.4 Å². The minimum Gasteiger partial charge on any atom is -0.480 e. The maximum absolute atomic E-state index is 11.7. The van der Waals surface area contributed by atoms with Gasteiger partial charge in [-0.2, -0.15) is 0 Å².